The molecular weight excluding hydrogens is 352 g/mol. The number of aryl methyl sites for hydroxylation is 1. The topological polar surface area (TPSA) is 81.3 Å². The fraction of sp³-hybridized carbons (Fsp3) is 0.211. The van der Waals surface area contributed by atoms with Crippen LogP contribution in [0.4, 0.5) is 0 Å². The van der Waals surface area contributed by atoms with Crippen LogP contribution in [0.1, 0.15) is 33.5 Å². The molecule has 0 saturated carbocycles. The van der Waals surface area contributed by atoms with Gasteiger partial charge < -0.3 is 14.5 Å². The molecule has 3 rings (SSSR count). The normalized spacial score (nSPS) is 11.2. The van der Waals surface area contributed by atoms with Crippen molar-refractivity contribution in [3.8, 4) is 5.75 Å². The van der Waals surface area contributed by atoms with Gasteiger partial charge in [-0.05, 0) is 43.2 Å². The van der Waals surface area contributed by atoms with Crippen molar-refractivity contribution in [2.45, 2.75) is 13.8 Å². The Morgan fingerprint density at radius 3 is 2.65 bits per heavy atom. The van der Waals surface area contributed by atoms with Crippen molar-refractivity contribution in [2.24, 2.45) is 0 Å². The zero-order valence-corrected chi connectivity index (χ0v) is 15.5. The van der Waals surface area contributed by atoms with Crippen molar-refractivity contribution in [1.82, 2.24) is 9.97 Å². The van der Waals surface area contributed by atoms with E-state index in [0.29, 0.717) is 26.5 Å². The highest BCUT2D eigenvalue weighted by atomic mass is 32.1. The number of benzene rings is 1. The third kappa shape index (κ3) is 3.52. The maximum Gasteiger partial charge on any atom is 0.348 e. The maximum atomic E-state index is 12.4. The highest BCUT2D eigenvalue weighted by molar-refractivity contribution is 7.20. The van der Waals surface area contributed by atoms with Gasteiger partial charge in [0.25, 0.3) is 5.56 Å². The summed E-state index contributed by atoms with van der Waals surface area (Å²) in [5, 5.41) is 0.430. The van der Waals surface area contributed by atoms with Crippen molar-refractivity contribution in [1.29, 1.82) is 0 Å². The van der Waals surface area contributed by atoms with E-state index in [2.05, 4.69) is 9.97 Å². The Labute approximate surface area is 154 Å². The Kier molecular flexibility index (Phi) is 5.18. The average molecular weight is 370 g/mol. The molecule has 0 fully saturated rings. The predicted octanol–water partition coefficient (Wildman–Crippen LogP) is 3.65. The zero-order chi connectivity index (χ0) is 18.7. The molecule has 0 atom stereocenters. The van der Waals surface area contributed by atoms with Crippen LogP contribution in [0.15, 0.2) is 29.1 Å². The van der Waals surface area contributed by atoms with Crippen molar-refractivity contribution < 1.29 is 14.3 Å². The van der Waals surface area contributed by atoms with Crippen molar-refractivity contribution in [2.75, 3.05) is 13.7 Å². The Morgan fingerprint density at radius 2 is 2.00 bits per heavy atom. The molecule has 2 aromatic heterocycles. The molecular formula is C19H18N2O4S. The number of rotatable bonds is 5. The van der Waals surface area contributed by atoms with Crippen molar-refractivity contribution in [3.05, 3.63) is 56.4 Å². The van der Waals surface area contributed by atoms with Crippen LogP contribution >= 0.6 is 11.3 Å². The van der Waals surface area contributed by atoms with E-state index in [-0.39, 0.29) is 12.2 Å². The van der Waals surface area contributed by atoms with Crippen LogP contribution in [0.2, 0.25) is 0 Å². The van der Waals surface area contributed by atoms with Gasteiger partial charge in [-0.1, -0.05) is 18.2 Å². The summed E-state index contributed by atoms with van der Waals surface area (Å²) in [4.78, 5) is 32.6. The molecule has 3 aromatic rings. The van der Waals surface area contributed by atoms with E-state index < -0.39 is 5.97 Å². The molecule has 26 heavy (non-hydrogen) atoms. The number of thiophene rings is 1. The van der Waals surface area contributed by atoms with Gasteiger partial charge in [-0.3, -0.25) is 4.79 Å². The minimum Gasteiger partial charge on any atom is -0.497 e. The molecule has 1 aromatic carbocycles. The SMILES string of the molecule is CCOC(=O)c1sc2nc(C=Cc3ccc(OC)cc3)[nH]c(=O)c2c1C. The molecule has 0 radical (unpaired) electrons. The zero-order valence-electron chi connectivity index (χ0n) is 14.7. The lowest BCUT2D eigenvalue weighted by molar-refractivity contribution is 0.0531. The summed E-state index contributed by atoms with van der Waals surface area (Å²) in [5.74, 6) is 0.772. The Bertz CT molecular complexity index is 1030. The van der Waals surface area contributed by atoms with Gasteiger partial charge in [-0.25, -0.2) is 9.78 Å². The number of fused-ring (bicyclic) bond motifs is 1. The van der Waals surface area contributed by atoms with Gasteiger partial charge in [-0.15, -0.1) is 11.3 Å². The lowest BCUT2D eigenvalue weighted by Gasteiger charge is -1.99. The minimum atomic E-state index is -0.428. The molecule has 0 amide bonds. The number of hydrogen-bond acceptors (Lipinski definition) is 6. The molecule has 1 N–H and O–H groups in total. The summed E-state index contributed by atoms with van der Waals surface area (Å²) in [6.45, 7) is 3.76. The highest BCUT2D eigenvalue weighted by Crippen LogP contribution is 2.27. The number of esters is 1. The summed E-state index contributed by atoms with van der Waals surface area (Å²) in [6.07, 6.45) is 3.57. The van der Waals surface area contributed by atoms with Crippen LogP contribution in [0.3, 0.4) is 0 Å². The smallest absolute Gasteiger partial charge is 0.348 e. The first-order valence-electron chi connectivity index (χ1n) is 8.06. The fourth-order valence-corrected chi connectivity index (χ4v) is 3.60. The van der Waals surface area contributed by atoms with Crippen molar-refractivity contribution >= 4 is 39.7 Å². The monoisotopic (exact) mass is 370 g/mol. The number of carbonyl (C=O) groups is 1. The molecule has 7 heteroatoms. The van der Waals surface area contributed by atoms with Crippen LogP contribution < -0.4 is 10.3 Å². The number of nitrogens with one attached hydrogen (secondary N) is 1. The third-order valence-electron chi connectivity index (χ3n) is 3.83. The molecule has 134 valence electrons. The lowest BCUT2D eigenvalue weighted by Crippen LogP contribution is -2.10. The van der Waals surface area contributed by atoms with E-state index in [1.807, 2.05) is 30.3 Å². The number of H-pyrrole nitrogens is 1. The number of hydrogen-bond donors (Lipinski definition) is 1. The highest BCUT2D eigenvalue weighted by Gasteiger charge is 2.19. The van der Waals surface area contributed by atoms with Crippen LogP contribution in [0, 0.1) is 6.92 Å². The molecule has 0 aliphatic heterocycles. The molecule has 0 bridgehead atoms. The maximum absolute atomic E-state index is 12.4. The summed E-state index contributed by atoms with van der Waals surface area (Å²) < 4.78 is 10.2. The molecule has 0 spiro atoms. The van der Waals surface area contributed by atoms with Gasteiger partial charge in [0.15, 0.2) is 0 Å². The molecule has 6 nitrogen and oxygen atoms in total. The summed E-state index contributed by atoms with van der Waals surface area (Å²) in [7, 11) is 1.61. The Morgan fingerprint density at radius 1 is 1.27 bits per heavy atom. The van der Waals surface area contributed by atoms with Crippen molar-refractivity contribution in [3.63, 3.8) is 0 Å². The van der Waals surface area contributed by atoms with Gasteiger partial charge in [0.2, 0.25) is 0 Å². The van der Waals surface area contributed by atoms with Crippen LogP contribution in [-0.4, -0.2) is 29.7 Å². The van der Waals surface area contributed by atoms with Crippen LogP contribution in [-0.2, 0) is 4.74 Å². The quantitative estimate of drug-likeness (QED) is 0.693. The van der Waals surface area contributed by atoms with Crippen LogP contribution in [0.5, 0.6) is 5.75 Å². The molecule has 0 saturated heterocycles. The summed E-state index contributed by atoms with van der Waals surface area (Å²) in [5.41, 5.74) is 1.28. The molecule has 0 aliphatic rings. The van der Waals surface area contributed by atoms with Gasteiger partial charge >= 0.3 is 5.97 Å². The van der Waals surface area contributed by atoms with Gasteiger partial charge in [-0.2, -0.15) is 0 Å². The Balaban J connectivity index is 1.96. The second-order valence-electron chi connectivity index (χ2n) is 5.51. The fourth-order valence-electron chi connectivity index (χ4n) is 2.52. The van der Waals surface area contributed by atoms with Gasteiger partial charge in [0, 0.05) is 0 Å². The number of carbonyl (C=O) groups excluding carboxylic acids is 1. The largest absolute Gasteiger partial charge is 0.497 e. The van der Waals surface area contributed by atoms with E-state index in [1.165, 1.54) is 11.3 Å². The number of ether oxygens (including phenoxy) is 2. The first kappa shape index (κ1) is 17.9. The first-order valence-corrected chi connectivity index (χ1v) is 8.87. The molecule has 0 aliphatic carbocycles. The number of aromatic nitrogens is 2. The Hall–Kier alpha value is -2.93. The van der Waals surface area contributed by atoms with E-state index in [1.54, 1.807) is 27.0 Å². The number of methoxy groups -OCH3 is 1. The second-order valence-corrected chi connectivity index (χ2v) is 6.51. The second kappa shape index (κ2) is 7.53. The molecule has 2 heterocycles. The number of nitrogens with zero attached hydrogens (tertiary/aromatic N) is 1. The van der Waals surface area contributed by atoms with E-state index in [9.17, 15) is 9.59 Å². The first-order chi connectivity index (χ1) is 12.5. The van der Waals surface area contributed by atoms with Crippen LogP contribution in [0.25, 0.3) is 22.4 Å². The third-order valence-corrected chi connectivity index (χ3v) is 4.99. The summed E-state index contributed by atoms with van der Waals surface area (Å²) >= 11 is 1.17. The van der Waals surface area contributed by atoms with E-state index in [4.69, 9.17) is 9.47 Å². The summed E-state index contributed by atoms with van der Waals surface area (Å²) in [6, 6.07) is 7.51. The van der Waals surface area contributed by atoms with E-state index >= 15 is 0 Å². The minimum absolute atomic E-state index is 0.270. The van der Waals surface area contributed by atoms with E-state index in [0.717, 1.165) is 11.3 Å². The standard InChI is InChI=1S/C19H18N2O4S/c1-4-25-19(23)16-11(2)15-17(22)20-14(21-18(15)26-16)10-7-12-5-8-13(24-3)9-6-12/h5-10H,4H2,1-3H3,(H,20,21,22). The molecule has 0 unspecified atom stereocenters. The lowest BCUT2D eigenvalue weighted by atomic mass is 10.2. The average Bonchev–Trinajstić information content (AvgIpc) is 2.98. The predicted molar refractivity (Wildman–Crippen MR) is 103 cm³/mol. The van der Waals surface area contributed by atoms with Gasteiger partial charge in [0.05, 0.1) is 19.1 Å². The van der Waals surface area contributed by atoms with Gasteiger partial charge in [0.1, 0.15) is 21.3 Å². The number of aromatic amines is 1.